The molecule has 4 nitrogen and oxygen atoms in total. The molecular weight excluding hydrogens is 425 g/mol. The highest BCUT2D eigenvalue weighted by molar-refractivity contribution is 5.56. The van der Waals surface area contributed by atoms with E-state index in [-0.39, 0.29) is 11.2 Å². The normalized spacial score (nSPS) is 20.2. The molecule has 0 saturated heterocycles. The van der Waals surface area contributed by atoms with Gasteiger partial charge in [0.15, 0.2) is 0 Å². The second-order valence-electron chi connectivity index (χ2n) is 10.8. The van der Waals surface area contributed by atoms with Crippen molar-refractivity contribution in [3.05, 3.63) is 77.4 Å². The summed E-state index contributed by atoms with van der Waals surface area (Å²) in [6.45, 7) is 6.61. The van der Waals surface area contributed by atoms with Crippen LogP contribution in [0.4, 0.5) is 4.39 Å². The number of nitrogens with zero attached hydrogens (tertiary/aromatic N) is 3. The van der Waals surface area contributed by atoms with Crippen LogP contribution in [0.3, 0.4) is 0 Å². The lowest BCUT2D eigenvalue weighted by Crippen LogP contribution is -2.30. The first-order valence-corrected chi connectivity index (χ1v) is 12.3. The van der Waals surface area contributed by atoms with Crippen molar-refractivity contribution in [2.24, 2.45) is 11.8 Å². The van der Waals surface area contributed by atoms with E-state index in [4.69, 9.17) is 4.52 Å². The molecule has 0 aliphatic heterocycles. The molecule has 1 saturated carbocycles. The summed E-state index contributed by atoms with van der Waals surface area (Å²) in [7, 11) is 4.23. The summed E-state index contributed by atoms with van der Waals surface area (Å²) < 4.78 is 18.9. The fourth-order valence-electron chi connectivity index (χ4n) is 5.06. The largest absolute Gasteiger partial charge is 0.334 e. The van der Waals surface area contributed by atoms with Gasteiger partial charge in [-0.05, 0) is 86.4 Å². The Bertz CT molecular complexity index is 1090. The van der Waals surface area contributed by atoms with Crippen LogP contribution in [0.1, 0.15) is 69.5 Å². The molecule has 1 fully saturated rings. The van der Waals surface area contributed by atoms with E-state index in [0.717, 1.165) is 31.2 Å². The highest BCUT2D eigenvalue weighted by Crippen LogP contribution is 2.40. The summed E-state index contributed by atoms with van der Waals surface area (Å²) in [4.78, 5) is 6.83. The van der Waals surface area contributed by atoms with Crippen molar-refractivity contribution in [3.8, 4) is 11.4 Å². The summed E-state index contributed by atoms with van der Waals surface area (Å²) in [5.41, 5.74) is 3.56. The van der Waals surface area contributed by atoms with Gasteiger partial charge in [-0.2, -0.15) is 4.98 Å². The predicted molar refractivity (Wildman–Crippen MR) is 136 cm³/mol. The lowest BCUT2D eigenvalue weighted by atomic mass is 9.76. The maximum Gasteiger partial charge on any atom is 0.250 e. The third kappa shape index (κ3) is 5.82. The minimum Gasteiger partial charge on any atom is -0.334 e. The molecule has 4 rings (SSSR count). The van der Waals surface area contributed by atoms with Crippen LogP contribution in [0.25, 0.3) is 17.5 Å². The quantitative estimate of drug-likeness (QED) is 0.386. The van der Waals surface area contributed by atoms with Gasteiger partial charge in [0.2, 0.25) is 5.82 Å². The first-order chi connectivity index (χ1) is 16.2. The van der Waals surface area contributed by atoms with Crippen molar-refractivity contribution in [3.63, 3.8) is 0 Å². The molecule has 5 heteroatoms. The molecule has 1 aliphatic rings. The van der Waals surface area contributed by atoms with E-state index in [1.165, 1.54) is 11.1 Å². The third-order valence-electron chi connectivity index (χ3n) is 6.99. The summed E-state index contributed by atoms with van der Waals surface area (Å²) in [6, 6.07) is 15.7. The van der Waals surface area contributed by atoms with Crippen LogP contribution in [0.15, 0.2) is 59.1 Å². The number of aromatic nitrogens is 2. The molecule has 0 amide bonds. The van der Waals surface area contributed by atoms with Crippen LogP contribution in [0.5, 0.6) is 0 Å². The second-order valence-corrected chi connectivity index (χ2v) is 10.8. The molecule has 0 spiro atoms. The van der Waals surface area contributed by atoms with Gasteiger partial charge in [0.05, 0.1) is 0 Å². The number of hydrogen-bond acceptors (Lipinski definition) is 4. The molecule has 1 heterocycles. The smallest absolute Gasteiger partial charge is 0.250 e. The highest BCUT2D eigenvalue weighted by atomic mass is 19.1. The molecule has 0 bridgehead atoms. The molecule has 34 heavy (non-hydrogen) atoms. The van der Waals surface area contributed by atoms with Gasteiger partial charge in [-0.15, -0.1) is 0 Å². The van der Waals surface area contributed by atoms with Crippen molar-refractivity contribution in [1.29, 1.82) is 0 Å². The van der Waals surface area contributed by atoms with Gasteiger partial charge < -0.3 is 9.42 Å². The molecule has 0 radical (unpaired) electrons. The Morgan fingerprint density at radius 1 is 0.971 bits per heavy atom. The lowest BCUT2D eigenvalue weighted by molar-refractivity contribution is 0.159. The van der Waals surface area contributed by atoms with E-state index in [2.05, 4.69) is 80.2 Å². The molecule has 3 aromatic rings. The summed E-state index contributed by atoms with van der Waals surface area (Å²) in [5.74, 6) is 2.07. The van der Waals surface area contributed by atoms with E-state index in [1.54, 1.807) is 12.1 Å². The van der Waals surface area contributed by atoms with Crippen molar-refractivity contribution < 1.29 is 8.91 Å². The highest BCUT2D eigenvalue weighted by Gasteiger charge is 2.29. The Balaban J connectivity index is 1.35. The van der Waals surface area contributed by atoms with Gasteiger partial charge in [-0.1, -0.05) is 68.4 Å². The Morgan fingerprint density at radius 3 is 2.21 bits per heavy atom. The molecule has 2 aromatic carbocycles. The van der Waals surface area contributed by atoms with Crippen LogP contribution >= 0.6 is 0 Å². The first-order valence-electron chi connectivity index (χ1n) is 12.3. The maximum absolute atomic E-state index is 13.4. The van der Waals surface area contributed by atoms with E-state index >= 15 is 0 Å². The molecule has 0 N–H and O–H groups in total. The van der Waals surface area contributed by atoms with E-state index in [0.29, 0.717) is 29.6 Å². The Kier molecular flexibility index (Phi) is 7.32. The molecular formula is C29H36FN3O. The van der Waals surface area contributed by atoms with Gasteiger partial charge in [0.1, 0.15) is 5.82 Å². The molecule has 1 aromatic heterocycles. The Hall–Kier alpha value is -2.79. The number of hydrogen-bond donors (Lipinski definition) is 0. The second kappa shape index (κ2) is 10.2. The standard InChI is InChI=1S/C29H36FN3O/c1-29(2,3)24-15-11-23(12-16-24)28-31-26(34-32-28)19-8-20-6-9-21(10-7-20)27(33(4)5)22-13-17-25(30)18-14-22/h8,11-21,27H,6-7,9-10H2,1-5H3. The minimum absolute atomic E-state index is 0.119. The van der Waals surface area contributed by atoms with Crippen molar-refractivity contribution in [1.82, 2.24) is 15.0 Å². The number of halogens is 1. The third-order valence-corrected chi connectivity index (χ3v) is 6.99. The summed E-state index contributed by atoms with van der Waals surface area (Å²) in [5, 5.41) is 4.17. The van der Waals surface area contributed by atoms with Crippen LogP contribution in [-0.2, 0) is 5.41 Å². The zero-order chi connectivity index (χ0) is 24.3. The van der Waals surface area contributed by atoms with Crippen molar-refractivity contribution in [2.45, 2.75) is 57.9 Å². The van der Waals surface area contributed by atoms with Gasteiger partial charge in [-0.3, -0.25) is 0 Å². The molecule has 1 aliphatic carbocycles. The average molecular weight is 462 g/mol. The van der Waals surface area contributed by atoms with E-state index in [1.807, 2.05) is 18.2 Å². The fourth-order valence-corrected chi connectivity index (χ4v) is 5.06. The molecule has 180 valence electrons. The fraction of sp³-hybridized carbons (Fsp3) is 0.448. The zero-order valence-corrected chi connectivity index (χ0v) is 21.0. The van der Waals surface area contributed by atoms with Crippen molar-refractivity contribution in [2.75, 3.05) is 14.1 Å². The van der Waals surface area contributed by atoms with Crippen molar-refractivity contribution >= 4 is 6.08 Å². The number of rotatable bonds is 6. The minimum atomic E-state index is -0.179. The Labute approximate surface area is 202 Å². The average Bonchev–Trinajstić information content (AvgIpc) is 3.28. The van der Waals surface area contributed by atoms with Gasteiger partial charge in [0, 0.05) is 11.6 Å². The number of allylic oxidation sites excluding steroid dienone is 1. The molecule has 1 atom stereocenters. The van der Waals surface area contributed by atoms with Gasteiger partial charge in [0.25, 0.3) is 5.89 Å². The Morgan fingerprint density at radius 2 is 1.62 bits per heavy atom. The topological polar surface area (TPSA) is 42.2 Å². The zero-order valence-electron chi connectivity index (χ0n) is 21.0. The van der Waals surface area contributed by atoms with E-state index in [9.17, 15) is 4.39 Å². The monoisotopic (exact) mass is 461 g/mol. The summed E-state index contributed by atoms with van der Waals surface area (Å²) in [6.07, 6.45) is 8.73. The lowest BCUT2D eigenvalue weighted by Gasteiger charge is -2.37. The van der Waals surface area contributed by atoms with Gasteiger partial charge >= 0.3 is 0 Å². The SMILES string of the molecule is CN(C)C(c1ccc(F)cc1)C1CCC(C=Cc2nc(-c3ccc(C(C)(C)C)cc3)no2)CC1. The van der Waals surface area contributed by atoms with Crippen LogP contribution in [0, 0.1) is 17.7 Å². The van der Waals surface area contributed by atoms with Crippen LogP contribution in [0.2, 0.25) is 0 Å². The first kappa shape index (κ1) is 24.3. The number of benzene rings is 2. The molecule has 1 unspecified atom stereocenters. The predicted octanol–water partition coefficient (Wildman–Crippen LogP) is 7.30. The van der Waals surface area contributed by atoms with Crippen LogP contribution < -0.4 is 0 Å². The van der Waals surface area contributed by atoms with Crippen LogP contribution in [-0.4, -0.2) is 29.1 Å². The van der Waals surface area contributed by atoms with E-state index < -0.39 is 0 Å². The maximum atomic E-state index is 13.4. The van der Waals surface area contributed by atoms with Gasteiger partial charge in [-0.25, -0.2) is 4.39 Å². The summed E-state index contributed by atoms with van der Waals surface area (Å²) >= 11 is 0.